The van der Waals surface area contributed by atoms with Crippen molar-refractivity contribution in [3.05, 3.63) is 23.7 Å². The van der Waals surface area contributed by atoms with E-state index in [9.17, 15) is 9.59 Å². The van der Waals surface area contributed by atoms with Crippen LogP contribution in [0.5, 0.6) is 0 Å². The number of methoxy groups -OCH3 is 1. The van der Waals surface area contributed by atoms with Gasteiger partial charge in [0.15, 0.2) is 5.76 Å². The highest BCUT2D eigenvalue weighted by Gasteiger charge is 2.29. The summed E-state index contributed by atoms with van der Waals surface area (Å²) in [7, 11) is 1.39. The van der Waals surface area contributed by atoms with Crippen LogP contribution in [0.3, 0.4) is 0 Å². The Balaban J connectivity index is 1.94. The molecule has 0 saturated carbocycles. The fraction of sp³-hybridized carbons (Fsp3) is 0.538. The SMILES string of the molecule is COC(=O)C1CCN(C(=O)c2ccc(CN)o2)CC1. The normalized spacial score (nSPS) is 16.4. The monoisotopic (exact) mass is 266 g/mol. The number of furan rings is 1. The Hall–Kier alpha value is -1.82. The fourth-order valence-corrected chi connectivity index (χ4v) is 2.24. The summed E-state index contributed by atoms with van der Waals surface area (Å²) in [6, 6.07) is 3.34. The van der Waals surface area contributed by atoms with Crippen molar-refractivity contribution in [3.63, 3.8) is 0 Å². The van der Waals surface area contributed by atoms with E-state index >= 15 is 0 Å². The second-order valence-corrected chi connectivity index (χ2v) is 4.56. The topological polar surface area (TPSA) is 85.8 Å². The Morgan fingerprint density at radius 3 is 2.63 bits per heavy atom. The fourth-order valence-electron chi connectivity index (χ4n) is 2.24. The van der Waals surface area contributed by atoms with Crippen LogP contribution < -0.4 is 5.73 Å². The number of nitrogens with zero attached hydrogens (tertiary/aromatic N) is 1. The molecule has 6 nitrogen and oxygen atoms in total. The molecule has 1 saturated heterocycles. The number of esters is 1. The van der Waals surface area contributed by atoms with Gasteiger partial charge in [-0.3, -0.25) is 9.59 Å². The molecule has 1 aromatic rings. The number of nitrogens with two attached hydrogens (primary N) is 1. The van der Waals surface area contributed by atoms with E-state index < -0.39 is 0 Å². The van der Waals surface area contributed by atoms with Crippen LogP contribution in [0.2, 0.25) is 0 Å². The van der Waals surface area contributed by atoms with Gasteiger partial charge < -0.3 is 19.8 Å². The largest absolute Gasteiger partial charge is 0.469 e. The zero-order valence-electron chi connectivity index (χ0n) is 10.9. The summed E-state index contributed by atoms with van der Waals surface area (Å²) in [5, 5.41) is 0. The van der Waals surface area contributed by atoms with Gasteiger partial charge in [0, 0.05) is 13.1 Å². The maximum Gasteiger partial charge on any atom is 0.308 e. The Morgan fingerprint density at radius 1 is 1.42 bits per heavy atom. The van der Waals surface area contributed by atoms with Crippen LogP contribution in [0, 0.1) is 5.92 Å². The Labute approximate surface area is 111 Å². The van der Waals surface area contributed by atoms with E-state index in [1.54, 1.807) is 17.0 Å². The van der Waals surface area contributed by atoms with E-state index in [0.717, 1.165) is 0 Å². The number of ether oxygens (including phenoxy) is 1. The van der Waals surface area contributed by atoms with E-state index in [0.29, 0.717) is 37.5 Å². The number of rotatable bonds is 3. The van der Waals surface area contributed by atoms with Crippen molar-refractivity contribution in [1.29, 1.82) is 0 Å². The van der Waals surface area contributed by atoms with Gasteiger partial charge in [-0.05, 0) is 25.0 Å². The minimum atomic E-state index is -0.199. The third kappa shape index (κ3) is 2.96. The number of hydrogen-bond acceptors (Lipinski definition) is 5. The smallest absolute Gasteiger partial charge is 0.308 e. The highest BCUT2D eigenvalue weighted by molar-refractivity contribution is 5.91. The number of carbonyl (C=O) groups excluding carboxylic acids is 2. The first-order valence-corrected chi connectivity index (χ1v) is 6.31. The van der Waals surface area contributed by atoms with E-state index in [1.807, 2.05) is 0 Å². The van der Waals surface area contributed by atoms with E-state index in [2.05, 4.69) is 0 Å². The second-order valence-electron chi connectivity index (χ2n) is 4.56. The molecule has 0 spiro atoms. The third-order valence-corrected chi connectivity index (χ3v) is 3.39. The first-order chi connectivity index (χ1) is 9.15. The van der Waals surface area contributed by atoms with Gasteiger partial charge >= 0.3 is 5.97 Å². The quantitative estimate of drug-likeness (QED) is 0.816. The zero-order valence-corrected chi connectivity index (χ0v) is 10.9. The van der Waals surface area contributed by atoms with Gasteiger partial charge in [0.2, 0.25) is 0 Å². The van der Waals surface area contributed by atoms with E-state index in [-0.39, 0.29) is 24.3 Å². The maximum absolute atomic E-state index is 12.2. The molecule has 1 aliphatic rings. The Bertz CT molecular complexity index is 461. The number of carbonyl (C=O) groups is 2. The summed E-state index contributed by atoms with van der Waals surface area (Å²) in [4.78, 5) is 25.2. The Morgan fingerprint density at radius 2 is 2.11 bits per heavy atom. The summed E-state index contributed by atoms with van der Waals surface area (Å²) in [6.45, 7) is 1.35. The van der Waals surface area contributed by atoms with Crippen molar-refractivity contribution in [3.8, 4) is 0 Å². The van der Waals surface area contributed by atoms with Crippen LogP contribution in [0.15, 0.2) is 16.5 Å². The standard InChI is InChI=1S/C13H18N2O4/c1-18-13(17)9-4-6-15(7-5-9)12(16)11-3-2-10(8-14)19-11/h2-3,9H,4-8,14H2,1H3. The molecule has 0 unspecified atom stereocenters. The lowest BCUT2D eigenvalue weighted by atomic mass is 9.97. The molecular weight excluding hydrogens is 248 g/mol. The van der Waals surface area contributed by atoms with Crippen LogP contribution in [-0.2, 0) is 16.1 Å². The minimum absolute atomic E-state index is 0.106. The van der Waals surface area contributed by atoms with Crippen LogP contribution in [0.4, 0.5) is 0 Å². The summed E-state index contributed by atoms with van der Waals surface area (Å²) in [5.41, 5.74) is 5.44. The minimum Gasteiger partial charge on any atom is -0.469 e. The highest BCUT2D eigenvalue weighted by Crippen LogP contribution is 2.20. The number of likely N-dealkylation sites (tertiary alicyclic amines) is 1. The van der Waals surface area contributed by atoms with Crippen molar-refractivity contribution in [2.75, 3.05) is 20.2 Å². The van der Waals surface area contributed by atoms with Crippen molar-refractivity contribution < 1.29 is 18.7 Å². The summed E-state index contributed by atoms with van der Waals surface area (Å²) in [6.07, 6.45) is 1.26. The molecule has 2 N–H and O–H groups in total. The predicted molar refractivity (Wildman–Crippen MR) is 67.2 cm³/mol. The summed E-state index contributed by atoms with van der Waals surface area (Å²) >= 11 is 0. The first-order valence-electron chi connectivity index (χ1n) is 6.31. The lowest BCUT2D eigenvalue weighted by Crippen LogP contribution is -2.40. The predicted octanol–water partition coefficient (Wildman–Crippen LogP) is 0.764. The molecule has 0 aliphatic carbocycles. The lowest BCUT2D eigenvalue weighted by molar-refractivity contribution is -0.146. The Kier molecular flexibility index (Phi) is 4.21. The van der Waals surface area contributed by atoms with Crippen LogP contribution in [0.1, 0.15) is 29.2 Å². The molecule has 0 bridgehead atoms. The van der Waals surface area contributed by atoms with Gasteiger partial charge in [-0.1, -0.05) is 0 Å². The van der Waals surface area contributed by atoms with Crippen molar-refractivity contribution in [1.82, 2.24) is 4.90 Å². The molecule has 1 aromatic heterocycles. The summed E-state index contributed by atoms with van der Waals surface area (Å²) in [5.74, 6) is 0.438. The molecule has 1 fully saturated rings. The molecule has 104 valence electrons. The number of amides is 1. The number of hydrogen-bond donors (Lipinski definition) is 1. The van der Waals surface area contributed by atoms with Crippen molar-refractivity contribution in [2.24, 2.45) is 11.7 Å². The van der Waals surface area contributed by atoms with Crippen LogP contribution >= 0.6 is 0 Å². The molecule has 6 heteroatoms. The third-order valence-electron chi connectivity index (χ3n) is 3.39. The molecule has 0 atom stereocenters. The van der Waals surface area contributed by atoms with Crippen LogP contribution in [-0.4, -0.2) is 37.0 Å². The van der Waals surface area contributed by atoms with Gasteiger partial charge in [-0.2, -0.15) is 0 Å². The average Bonchev–Trinajstić information content (AvgIpc) is 2.94. The van der Waals surface area contributed by atoms with Gasteiger partial charge in [0.25, 0.3) is 5.91 Å². The molecule has 2 heterocycles. The average molecular weight is 266 g/mol. The molecule has 2 rings (SSSR count). The van der Waals surface area contributed by atoms with Crippen LogP contribution in [0.25, 0.3) is 0 Å². The maximum atomic E-state index is 12.2. The molecule has 19 heavy (non-hydrogen) atoms. The first kappa shape index (κ1) is 13.6. The van der Waals surface area contributed by atoms with Gasteiger partial charge in [0.1, 0.15) is 5.76 Å². The number of piperidine rings is 1. The highest BCUT2D eigenvalue weighted by atomic mass is 16.5. The summed E-state index contributed by atoms with van der Waals surface area (Å²) < 4.78 is 10.0. The van der Waals surface area contributed by atoms with Crippen molar-refractivity contribution >= 4 is 11.9 Å². The molecular formula is C13H18N2O4. The lowest BCUT2D eigenvalue weighted by Gasteiger charge is -2.30. The molecule has 0 radical (unpaired) electrons. The molecule has 1 aliphatic heterocycles. The van der Waals surface area contributed by atoms with Gasteiger partial charge in [-0.15, -0.1) is 0 Å². The van der Waals surface area contributed by atoms with E-state index in [1.165, 1.54) is 7.11 Å². The zero-order chi connectivity index (χ0) is 13.8. The van der Waals surface area contributed by atoms with E-state index in [4.69, 9.17) is 14.9 Å². The van der Waals surface area contributed by atoms with Gasteiger partial charge in [-0.25, -0.2) is 0 Å². The molecule has 1 amide bonds. The molecule has 0 aromatic carbocycles. The second kappa shape index (κ2) is 5.88. The van der Waals surface area contributed by atoms with Gasteiger partial charge in [0.05, 0.1) is 19.6 Å². The van der Waals surface area contributed by atoms with Crippen molar-refractivity contribution in [2.45, 2.75) is 19.4 Å².